The molecule has 0 aliphatic heterocycles. The van der Waals surface area contributed by atoms with Crippen LogP contribution in [0.2, 0.25) is 0 Å². The summed E-state index contributed by atoms with van der Waals surface area (Å²) in [4.78, 5) is 22.7. The van der Waals surface area contributed by atoms with E-state index in [1.54, 1.807) is 0 Å². The van der Waals surface area contributed by atoms with Crippen molar-refractivity contribution >= 4 is 12.0 Å². The van der Waals surface area contributed by atoms with Gasteiger partial charge in [0.05, 0.1) is 6.61 Å². The van der Waals surface area contributed by atoms with E-state index < -0.39 is 18.0 Å². The summed E-state index contributed by atoms with van der Waals surface area (Å²) >= 11 is 0. The van der Waals surface area contributed by atoms with Gasteiger partial charge in [-0.15, -0.1) is 0 Å². The van der Waals surface area contributed by atoms with Gasteiger partial charge in [0, 0.05) is 13.2 Å². The molecule has 3 atom stereocenters. The van der Waals surface area contributed by atoms with Crippen molar-refractivity contribution in [2.75, 3.05) is 13.7 Å². The van der Waals surface area contributed by atoms with Crippen LogP contribution < -0.4 is 10.6 Å². The second-order valence-corrected chi connectivity index (χ2v) is 5.19. The second kappa shape index (κ2) is 7.99. The number of carbonyl (C=O) groups excluding carboxylic acids is 1. The maximum atomic E-state index is 11.8. The molecule has 3 unspecified atom stereocenters. The molecule has 1 fully saturated rings. The Labute approximate surface area is 113 Å². The van der Waals surface area contributed by atoms with Crippen LogP contribution in [-0.2, 0) is 9.53 Å². The van der Waals surface area contributed by atoms with Crippen LogP contribution in [0.4, 0.5) is 4.79 Å². The summed E-state index contributed by atoms with van der Waals surface area (Å²) in [5, 5.41) is 14.2. The zero-order valence-electron chi connectivity index (χ0n) is 11.6. The van der Waals surface area contributed by atoms with Crippen molar-refractivity contribution in [1.29, 1.82) is 0 Å². The number of ether oxygens (including phenoxy) is 1. The van der Waals surface area contributed by atoms with Crippen molar-refractivity contribution in [3.05, 3.63) is 0 Å². The first kappa shape index (κ1) is 15.8. The van der Waals surface area contributed by atoms with Gasteiger partial charge in [-0.05, 0) is 18.8 Å². The molecule has 0 spiro atoms. The van der Waals surface area contributed by atoms with Gasteiger partial charge in [0.25, 0.3) is 0 Å². The van der Waals surface area contributed by atoms with Crippen LogP contribution in [0, 0.1) is 5.92 Å². The summed E-state index contributed by atoms with van der Waals surface area (Å²) in [6, 6.07) is -1.31. The largest absolute Gasteiger partial charge is 0.480 e. The first-order valence-electron chi connectivity index (χ1n) is 6.83. The highest BCUT2D eigenvalue weighted by Gasteiger charge is 2.24. The normalized spacial score (nSPS) is 25.2. The molecule has 1 aliphatic carbocycles. The fraction of sp³-hybridized carbons (Fsp3) is 0.846. The van der Waals surface area contributed by atoms with Gasteiger partial charge in [-0.3, -0.25) is 0 Å². The van der Waals surface area contributed by atoms with Crippen molar-refractivity contribution < 1.29 is 19.4 Å². The predicted molar refractivity (Wildman–Crippen MR) is 71.0 cm³/mol. The SMILES string of the molecule is COCC(NC(=O)NC1CCCCCC1C)C(=O)O. The average molecular weight is 272 g/mol. The third-order valence-corrected chi connectivity index (χ3v) is 3.61. The Morgan fingerprint density at radius 3 is 2.63 bits per heavy atom. The van der Waals surface area contributed by atoms with E-state index in [1.807, 2.05) is 0 Å². The van der Waals surface area contributed by atoms with E-state index in [4.69, 9.17) is 9.84 Å². The van der Waals surface area contributed by atoms with E-state index in [-0.39, 0.29) is 12.6 Å². The smallest absolute Gasteiger partial charge is 0.328 e. The number of hydrogen-bond donors (Lipinski definition) is 3. The highest BCUT2D eigenvalue weighted by molar-refractivity contribution is 5.82. The van der Waals surface area contributed by atoms with Crippen molar-refractivity contribution in [2.24, 2.45) is 5.92 Å². The molecular weight excluding hydrogens is 248 g/mol. The molecule has 6 nitrogen and oxygen atoms in total. The minimum atomic E-state index is -1.09. The minimum Gasteiger partial charge on any atom is -0.480 e. The number of methoxy groups -OCH3 is 1. The third kappa shape index (κ3) is 5.46. The maximum absolute atomic E-state index is 11.8. The molecule has 1 saturated carbocycles. The number of nitrogens with one attached hydrogen (secondary N) is 2. The molecule has 0 saturated heterocycles. The number of hydrogen-bond acceptors (Lipinski definition) is 3. The molecule has 0 aromatic heterocycles. The Morgan fingerprint density at radius 1 is 1.32 bits per heavy atom. The second-order valence-electron chi connectivity index (χ2n) is 5.19. The van der Waals surface area contributed by atoms with Crippen LogP contribution in [0.1, 0.15) is 39.0 Å². The topological polar surface area (TPSA) is 87.7 Å². The minimum absolute atomic E-state index is 0.0387. The molecular formula is C13H24N2O4. The first-order chi connectivity index (χ1) is 9.04. The van der Waals surface area contributed by atoms with E-state index in [0.29, 0.717) is 5.92 Å². The van der Waals surface area contributed by atoms with Crippen molar-refractivity contribution in [3.63, 3.8) is 0 Å². The number of amides is 2. The lowest BCUT2D eigenvalue weighted by atomic mass is 9.97. The molecule has 6 heteroatoms. The summed E-state index contributed by atoms with van der Waals surface area (Å²) in [6.07, 6.45) is 5.56. The lowest BCUT2D eigenvalue weighted by molar-refractivity contribution is -0.140. The van der Waals surface area contributed by atoms with E-state index in [9.17, 15) is 9.59 Å². The van der Waals surface area contributed by atoms with Gasteiger partial charge in [-0.2, -0.15) is 0 Å². The van der Waals surface area contributed by atoms with Crippen molar-refractivity contribution in [1.82, 2.24) is 10.6 Å². The predicted octanol–water partition coefficient (Wildman–Crippen LogP) is 1.35. The molecule has 0 bridgehead atoms. The quantitative estimate of drug-likeness (QED) is 0.659. The number of urea groups is 1. The Morgan fingerprint density at radius 2 is 2.00 bits per heavy atom. The van der Waals surface area contributed by atoms with E-state index in [1.165, 1.54) is 20.0 Å². The summed E-state index contributed by atoms with van der Waals surface area (Å²) < 4.78 is 4.77. The number of carboxylic acid groups (broad SMARTS) is 1. The molecule has 3 N–H and O–H groups in total. The number of aliphatic carboxylic acids is 1. The Bertz CT molecular complexity index is 309. The van der Waals surface area contributed by atoms with Crippen LogP contribution in [0.5, 0.6) is 0 Å². The van der Waals surface area contributed by atoms with Gasteiger partial charge in [0.15, 0.2) is 6.04 Å². The summed E-state index contributed by atoms with van der Waals surface area (Å²) in [6.45, 7) is 2.09. The fourth-order valence-corrected chi connectivity index (χ4v) is 2.42. The van der Waals surface area contributed by atoms with Crippen LogP contribution in [-0.4, -0.2) is 42.9 Å². The molecule has 0 aromatic rings. The standard InChI is InChI=1S/C13H24N2O4/c1-9-6-4-3-5-7-10(9)14-13(18)15-11(8-19-2)12(16)17/h9-11H,3-8H2,1-2H3,(H,16,17)(H2,14,15,18). The van der Waals surface area contributed by atoms with Crippen molar-refractivity contribution in [3.8, 4) is 0 Å². The Kier molecular flexibility index (Phi) is 6.62. The fourth-order valence-electron chi connectivity index (χ4n) is 2.42. The summed E-state index contributed by atoms with van der Waals surface area (Å²) in [5.74, 6) is -0.662. The van der Waals surface area contributed by atoms with E-state index >= 15 is 0 Å². The van der Waals surface area contributed by atoms with Gasteiger partial charge in [-0.1, -0.05) is 26.2 Å². The van der Waals surface area contributed by atoms with Gasteiger partial charge < -0.3 is 20.5 Å². The molecule has 1 aliphatic rings. The molecule has 0 heterocycles. The van der Waals surface area contributed by atoms with Gasteiger partial charge >= 0.3 is 12.0 Å². The molecule has 0 aromatic carbocycles. The van der Waals surface area contributed by atoms with Crippen LogP contribution in [0.15, 0.2) is 0 Å². The summed E-state index contributed by atoms with van der Waals surface area (Å²) in [5.41, 5.74) is 0. The number of rotatable bonds is 5. The highest BCUT2D eigenvalue weighted by Crippen LogP contribution is 2.22. The lowest BCUT2D eigenvalue weighted by Crippen LogP contribution is -2.51. The Balaban J connectivity index is 2.46. The van der Waals surface area contributed by atoms with Gasteiger partial charge in [0.2, 0.25) is 0 Å². The maximum Gasteiger partial charge on any atom is 0.328 e. The Hall–Kier alpha value is -1.30. The molecule has 2 amide bonds. The van der Waals surface area contributed by atoms with Crippen molar-refractivity contribution in [2.45, 2.75) is 51.1 Å². The number of carboxylic acids is 1. The summed E-state index contributed by atoms with van der Waals surface area (Å²) in [7, 11) is 1.41. The molecule has 1 rings (SSSR count). The molecule has 110 valence electrons. The zero-order chi connectivity index (χ0) is 14.3. The first-order valence-corrected chi connectivity index (χ1v) is 6.83. The number of carbonyl (C=O) groups is 2. The van der Waals surface area contributed by atoms with Gasteiger partial charge in [0.1, 0.15) is 0 Å². The lowest BCUT2D eigenvalue weighted by Gasteiger charge is -2.24. The monoisotopic (exact) mass is 272 g/mol. The highest BCUT2D eigenvalue weighted by atomic mass is 16.5. The molecule has 0 radical (unpaired) electrons. The average Bonchev–Trinajstić information content (AvgIpc) is 2.54. The molecule has 19 heavy (non-hydrogen) atoms. The van der Waals surface area contributed by atoms with E-state index in [2.05, 4.69) is 17.6 Å². The third-order valence-electron chi connectivity index (χ3n) is 3.61. The van der Waals surface area contributed by atoms with E-state index in [0.717, 1.165) is 19.3 Å². The van der Waals surface area contributed by atoms with Crippen LogP contribution >= 0.6 is 0 Å². The van der Waals surface area contributed by atoms with Crippen LogP contribution in [0.3, 0.4) is 0 Å². The van der Waals surface area contributed by atoms with Gasteiger partial charge in [-0.25, -0.2) is 9.59 Å². The van der Waals surface area contributed by atoms with Crippen LogP contribution in [0.25, 0.3) is 0 Å². The zero-order valence-corrected chi connectivity index (χ0v) is 11.6.